The average Bonchev–Trinajstić information content (AvgIpc) is 2.52. The molecule has 0 spiro atoms. The molecule has 0 fully saturated rings. The third kappa shape index (κ3) is 6.19. The number of hydrogen-bond acceptors (Lipinski definition) is 4. The fourth-order valence-corrected chi connectivity index (χ4v) is 3.19. The lowest BCUT2D eigenvalue weighted by Crippen LogP contribution is -2.25. The molecule has 1 aromatic carbocycles. The normalized spacial score (nSPS) is 11.4. The number of sulfonamides is 1. The Balaban J connectivity index is 2.91. The van der Waals surface area contributed by atoms with E-state index >= 15 is 0 Å². The summed E-state index contributed by atoms with van der Waals surface area (Å²) < 4.78 is 26.9. The minimum absolute atomic E-state index is 0.0209. The Labute approximate surface area is 138 Å². The van der Waals surface area contributed by atoms with E-state index in [9.17, 15) is 18.3 Å². The van der Waals surface area contributed by atoms with Crippen molar-refractivity contribution < 1.29 is 18.3 Å². The van der Waals surface area contributed by atoms with Crippen LogP contribution in [-0.2, 0) is 10.0 Å². The van der Waals surface area contributed by atoms with Crippen LogP contribution in [0.25, 0.3) is 0 Å². The summed E-state index contributed by atoms with van der Waals surface area (Å²) in [7, 11) is -3.68. The van der Waals surface area contributed by atoms with Gasteiger partial charge in [-0.25, -0.2) is 17.9 Å². The molecule has 0 heterocycles. The van der Waals surface area contributed by atoms with Crippen molar-refractivity contribution in [1.29, 1.82) is 0 Å². The van der Waals surface area contributed by atoms with Crippen LogP contribution < -0.4 is 10.0 Å². The molecule has 0 atom stereocenters. The fourth-order valence-electron chi connectivity index (χ4n) is 2.09. The number of carboxylic acids is 1. The highest BCUT2D eigenvalue weighted by Gasteiger charge is 2.18. The molecule has 7 heteroatoms. The standard InChI is InChI=1S/C16H26N2O4S/c1-3-5-7-11-18-23(21,22)13-8-9-15(17-10-6-4-2)14(12-13)16(19)20/h8-9,12,17-18H,3-7,10-11H2,1-2H3,(H,19,20). The molecule has 0 aliphatic rings. The summed E-state index contributed by atoms with van der Waals surface area (Å²) in [5.74, 6) is -1.15. The van der Waals surface area contributed by atoms with Gasteiger partial charge in [-0.05, 0) is 31.0 Å². The summed E-state index contributed by atoms with van der Waals surface area (Å²) in [4.78, 5) is 11.4. The summed E-state index contributed by atoms with van der Waals surface area (Å²) in [5, 5.41) is 12.3. The number of anilines is 1. The van der Waals surface area contributed by atoms with E-state index < -0.39 is 16.0 Å². The Morgan fingerprint density at radius 1 is 1.09 bits per heavy atom. The zero-order valence-electron chi connectivity index (χ0n) is 13.8. The monoisotopic (exact) mass is 342 g/mol. The summed E-state index contributed by atoms with van der Waals surface area (Å²) in [6, 6.07) is 4.15. The molecular formula is C16H26N2O4S. The second-order valence-electron chi connectivity index (χ2n) is 5.40. The van der Waals surface area contributed by atoms with Crippen LogP contribution in [0.2, 0.25) is 0 Å². The third-order valence-electron chi connectivity index (χ3n) is 3.45. The Bertz CT molecular complexity index is 615. The van der Waals surface area contributed by atoms with Crippen LogP contribution in [0.3, 0.4) is 0 Å². The first-order chi connectivity index (χ1) is 10.9. The van der Waals surface area contributed by atoms with Crippen LogP contribution >= 0.6 is 0 Å². The van der Waals surface area contributed by atoms with Crippen LogP contribution in [-0.4, -0.2) is 32.6 Å². The van der Waals surface area contributed by atoms with E-state index in [1.165, 1.54) is 18.2 Å². The van der Waals surface area contributed by atoms with Crippen LogP contribution in [0.5, 0.6) is 0 Å². The van der Waals surface area contributed by atoms with Gasteiger partial charge in [0.25, 0.3) is 0 Å². The predicted octanol–water partition coefficient (Wildman–Crippen LogP) is 3.07. The van der Waals surface area contributed by atoms with Crippen LogP contribution in [0.4, 0.5) is 5.69 Å². The number of aromatic carboxylic acids is 1. The van der Waals surface area contributed by atoms with Gasteiger partial charge in [0.1, 0.15) is 0 Å². The van der Waals surface area contributed by atoms with Crippen molar-refractivity contribution >= 4 is 21.7 Å². The van der Waals surface area contributed by atoms with Gasteiger partial charge in [0.2, 0.25) is 10.0 Å². The molecular weight excluding hydrogens is 316 g/mol. The van der Waals surface area contributed by atoms with Gasteiger partial charge < -0.3 is 10.4 Å². The van der Waals surface area contributed by atoms with Gasteiger partial charge in [0, 0.05) is 18.8 Å². The molecule has 1 aromatic rings. The van der Waals surface area contributed by atoms with Crippen LogP contribution in [0.1, 0.15) is 56.3 Å². The van der Waals surface area contributed by atoms with Crippen molar-refractivity contribution in [2.45, 2.75) is 50.8 Å². The first-order valence-electron chi connectivity index (χ1n) is 8.03. The van der Waals surface area contributed by atoms with Gasteiger partial charge in [-0.2, -0.15) is 0 Å². The first-order valence-corrected chi connectivity index (χ1v) is 9.51. The fraction of sp³-hybridized carbons (Fsp3) is 0.562. The summed E-state index contributed by atoms with van der Waals surface area (Å²) in [6.07, 6.45) is 4.62. The highest BCUT2D eigenvalue weighted by atomic mass is 32.2. The quantitative estimate of drug-likeness (QED) is 0.537. The Kier molecular flexibility index (Phi) is 8.05. The zero-order chi connectivity index (χ0) is 17.3. The number of nitrogens with one attached hydrogen (secondary N) is 2. The van der Waals surface area contributed by atoms with Gasteiger partial charge in [-0.1, -0.05) is 33.1 Å². The van der Waals surface area contributed by atoms with Crippen molar-refractivity contribution in [3.63, 3.8) is 0 Å². The van der Waals surface area contributed by atoms with Gasteiger partial charge in [0.15, 0.2) is 0 Å². The lowest BCUT2D eigenvalue weighted by molar-refractivity contribution is 0.0697. The lowest BCUT2D eigenvalue weighted by atomic mass is 10.1. The van der Waals surface area contributed by atoms with E-state index in [-0.39, 0.29) is 10.5 Å². The van der Waals surface area contributed by atoms with Crippen molar-refractivity contribution in [2.75, 3.05) is 18.4 Å². The molecule has 0 amide bonds. The molecule has 0 radical (unpaired) electrons. The Hall–Kier alpha value is -1.60. The van der Waals surface area contributed by atoms with Gasteiger partial charge in [-0.3, -0.25) is 0 Å². The number of benzene rings is 1. The molecule has 0 aliphatic carbocycles. The topological polar surface area (TPSA) is 95.5 Å². The second-order valence-corrected chi connectivity index (χ2v) is 7.16. The molecule has 3 N–H and O–H groups in total. The van der Waals surface area contributed by atoms with Gasteiger partial charge >= 0.3 is 5.97 Å². The van der Waals surface area contributed by atoms with Crippen LogP contribution in [0.15, 0.2) is 23.1 Å². The van der Waals surface area contributed by atoms with Crippen molar-refractivity contribution in [3.05, 3.63) is 23.8 Å². The minimum Gasteiger partial charge on any atom is -0.478 e. The van der Waals surface area contributed by atoms with E-state index in [4.69, 9.17) is 0 Å². The van der Waals surface area contributed by atoms with E-state index in [0.29, 0.717) is 18.8 Å². The van der Waals surface area contributed by atoms with Crippen molar-refractivity contribution in [1.82, 2.24) is 4.72 Å². The van der Waals surface area contributed by atoms with E-state index in [2.05, 4.69) is 10.0 Å². The molecule has 130 valence electrons. The van der Waals surface area contributed by atoms with E-state index in [0.717, 1.165) is 32.1 Å². The smallest absolute Gasteiger partial charge is 0.337 e. The molecule has 0 aliphatic heterocycles. The van der Waals surface area contributed by atoms with Crippen molar-refractivity contribution in [2.24, 2.45) is 0 Å². The number of unbranched alkanes of at least 4 members (excludes halogenated alkanes) is 3. The average molecular weight is 342 g/mol. The summed E-state index contributed by atoms with van der Waals surface area (Å²) >= 11 is 0. The summed E-state index contributed by atoms with van der Waals surface area (Å²) in [5.41, 5.74) is 0.411. The summed E-state index contributed by atoms with van der Waals surface area (Å²) in [6.45, 7) is 5.09. The molecule has 0 unspecified atom stereocenters. The largest absolute Gasteiger partial charge is 0.478 e. The molecule has 6 nitrogen and oxygen atoms in total. The molecule has 0 aromatic heterocycles. The van der Waals surface area contributed by atoms with E-state index in [1.807, 2.05) is 13.8 Å². The van der Waals surface area contributed by atoms with Gasteiger partial charge in [0.05, 0.1) is 10.5 Å². The predicted molar refractivity (Wildman–Crippen MR) is 91.5 cm³/mol. The first kappa shape index (κ1) is 19.4. The second kappa shape index (κ2) is 9.52. The zero-order valence-corrected chi connectivity index (χ0v) is 14.6. The molecule has 0 saturated heterocycles. The maximum atomic E-state index is 12.2. The molecule has 1 rings (SSSR count). The Morgan fingerprint density at radius 2 is 1.78 bits per heavy atom. The van der Waals surface area contributed by atoms with E-state index in [1.54, 1.807) is 0 Å². The highest BCUT2D eigenvalue weighted by molar-refractivity contribution is 7.89. The van der Waals surface area contributed by atoms with Gasteiger partial charge in [-0.15, -0.1) is 0 Å². The molecule has 0 saturated carbocycles. The van der Waals surface area contributed by atoms with Crippen LogP contribution in [0, 0.1) is 0 Å². The SMILES string of the molecule is CCCCCNS(=O)(=O)c1ccc(NCCCC)c(C(=O)O)c1. The minimum atomic E-state index is -3.68. The highest BCUT2D eigenvalue weighted by Crippen LogP contribution is 2.21. The molecule has 0 bridgehead atoms. The molecule has 23 heavy (non-hydrogen) atoms. The number of rotatable bonds is 11. The number of carbonyl (C=O) groups is 1. The number of hydrogen-bond donors (Lipinski definition) is 3. The number of carboxylic acid groups (broad SMARTS) is 1. The maximum absolute atomic E-state index is 12.2. The maximum Gasteiger partial charge on any atom is 0.337 e. The Morgan fingerprint density at radius 3 is 2.39 bits per heavy atom. The lowest BCUT2D eigenvalue weighted by Gasteiger charge is -2.12. The third-order valence-corrected chi connectivity index (χ3v) is 4.91. The van der Waals surface area contributed by atoms with Crippen molar-refractivity contribution in [3.8, 4) is 0 Å².